The van der Waals surface area contributed by atoms with Crippen molar-refractivity contribution < 1.29 is 0 Å². The van der Waals surface area contributed by atoms with Crippen LogP contribution in [0.4, 0.5) is 5.82 Å². The molecule has 19 heavy (non-hydrogen) atoms. The quantitative estimate of drug-likeness (QED) is 0.945. The van der Waals surface area contributed by atoms with Crippen molar-refractivity contribution in [1.82, 2.24) is 9.78 Å². The fourth-order valence-corrected chi connectivity index (χ4v) is 2.15. The second-order valence-electron chi connectivity index (χ2n) is 4.08. The van der Waals surface area contributed by atoms with E-state index in [2.05, 4.69) is 11.2 Å². The van der Waals surface area contributed by atoms with E-state index in [4.69, 9.17) is 34.2 Å². The van der Waals surface area contributed by atoms with Crippen LogP contribution in [0.1, 0.15) is 23.7 Å². The zero-order valence-corrected chi connectivity index (χ0v) is 11.8. The van der Waals surface area contributed by atoms with E-state index in [0.717, 1.165) is 5.56 Å². The van der Waals surface area contributed by atoms with Crippen molar-refractivity contribution in [2.45, 2.75) is 19.9 Å². The standard InChI is InChI=1S/C13H12Cl2N4/c1-2-12-9(6-16)13(17)19(18-12)7-8-3-4-10(14)11(15)5-8/h3-5H,2,7,17H2,1H3. The van der Waals surface area contributed by atoms with E-state index < -0.39 is 0 Å². The number of hydrogen-bond donors (Lipinski definition) is 1. The fraction of sp³-hybridized carbons (Fsp3) is 0.231. The highest BCUT2D eigenvalue weighted by Crippen LogP contribution is 2.24. The molecule has 1 aromatic carbocycles. The van der Waals surface area contributed by atoms with E-state index >= 15 is 0 Å². The summed E-state index contributed by atoms with van der Waals surface area (Å²) < 4.78 is 1.61. The lowest BCUT2D eigenvalue weighted by molar-refractivity contribution is 0.683. The zero-order valence-electron chi connectivity index (χ0n) is 10.3. The van der Waals surface area contributed by atoms with Gasteiger partial charge in [0.1, 0.15) is 17.5 Å². The predicted molar refractivity (Wildman–Crippen MR) is 76.3 cm³/mol. The molecule has 2 aromatic rings. The number of nitrogens with zero attached hydrogens (tertiary/aromatic N) is 3. The third-order valence-electron chi connectivity index (χ3n) is 2.83. The average molecular weight is 295 g/mol. The molecule has 2 N–H and O–H groups in total. The molecular weight excluding hydrogens is 283 g/mol. The van der Waals surface area contributed by atoms with Crippen LogP contribution in [0, 0.1) is 11.3 Å². The lowest BCUT2D eigenvalue weighted by Crippen LogP contribution is -2.06. The first-order chi connectivity index (χ1) is 9.06. The van der Waals surface area contributed by atoms with Gasteiger partial charge in [-0.1, -0.05) is 36.2 Å². The molecule has 0 bridgehead atoms. The normalized spacial score (nSPS) is 10.4. The molecule has 0 saturated carbocycles. The fourth-order valence-electron chi connectivity index (χ4n) is 1.83. The van der Waals surface area contributed by atoms with Crippen molar-refractivity contribution in [3.63, 3.8) is 0 Å². The Morgan fingerprint density at radius 1 is 1.37 bits per heavy atom. The smallest absolute Gasteiger partial charge is 0.140 e. The monoisotopic (exact) mass is 294 g/mol. The number of nitrogen functional groups attached to an aromatic ring is 1. The van der Waals surface area contributed by atoms with Crippen molar-refractivity contribution in [2.24, 2.45) is 0 Å². The Hall–Kier alpha value is -1.70. The maximum absolute atomic E-state index is 9.07. The van der Waals surface area contributed by atoms with Crippen molar-refractivity contribution in [3.05, 3.63) is 45.1 Å². The summed E-state index contributed by atoms with van der Waals surface area (Å²) in [6.07, 6.45) is 0.668. The minimum Gasteiger partial charge on any atom is -0.383 e. The Bertz CT molecular complexity index is 655. The molecule has 0 aliphatic carbocycles. The first-order valence-corrected chi connectivity index (χ1v) is 6.51. The van der Waals surface area contributed by atoms with E-state index in [-0.39, 0.29) is 0 Å². The largest absolute Gasteiger partial charge is 0.383 e. The van der Waals surface area contributed by atoms with Crippen LogP contribution >= 0.6 is 23.2 Å². The summed E-state index contributed by atoms with van der Waals surface area (Å²) in [5.41, 5.74) is 8.01. The van der Waals surface area contributed by atoms with Gasteiger partial charge in [-0.3, -0.25) is 0 Å². The molecular formula is C13H12Cl2N4. The summed E-state index contributed by atoms with van der Waals surface area (Å²) in [7, 11) is 0. The van der Waals surface area contributed by atoms with Crippen molar-refractivity contribution in [3.8, 4) is 6.07 Å². The first-order valence-electron chi connectivity index (χ1n) is 5.76. The Kier molecular flexibility index (Phi) is 3.98. The molecule has 0 aliphatic heterocycles. The Balaban J connectivity index is 2.36. The van der Waals surface area contributed by atoms with Gasteiger partial charge < -0.3 is 5.73 Å². The molecule has 6 heteroatoms. The van der Waals surface area contributed by atoms with Gasteiger partial charge in [0.25, 0.3) is 0 Å². The highest BCUT2D eigenvalue weighted by atomic mass is 35.5. The van der Waals surface area contributed by atoms with E-state index in [9.17, 15) is 0 Å². The molecule has 1 aromatic heterocycles. The third kappa shape index (κ3) is 2.67. The lowest BCUT2D eigenvalue weighted by Gasteiger charge is -2.05. The number of nitriles is 1. The van der Waals surface area contributed by atoms with Gasteiger partial charge in [0.05, 0.1) is 22.3 Å². The number of hydrogen-bond acceptors (Lipinski definition) is 3. The van der Waals surface area contributed by atoms with Crippen LogP contribution in [0.2, 0.25) is 10.0 Å². The molecule has 4 nitrogen and oxygen atoms in total. The van der Waals surface area contributed by atoms with Gasteiger partial charge in [0.15, 0.2) is 0 Å². The number of rotatable bonds is 3. The molecule has 0 radical (unpaired) electrons. The minimum absolute atomic E-state index is 0.380. The molecule has 0 saturated heterocycles. The number of nitrogens with two attached hydrogens (primary N) is 1. The molecule has 0 aliphatic rings. The summed E-state index contributed by atoms with van der Waals surface area (Å²) in [5, 5.41) is 14.4. The maximum atomic E-state index is 9.07. The molecule has 98 valence electrons. The lowest BCUT2D eigenvalue weighted by atomic mass is 10.2. The summed E-state index contributed by atoms with van der Waals surface area (Å²) >= 11 is 11.8. The van der Waals surface area contributed by atoms with Gasteiger partial charge >= 0.3 is 0 Å². The highest BCUT2D eigenvalue weighted by Gasteiger charge is 2.14. The molecule has 0 amide bonds. The molecule has 0 atom stereocenters. The second-order valence-corrected chi connectivity index (χ2v) is 4.89. The van der Waals surface area contributed by atoms with Crippen LogP contribution < -0.4 is 5.73 Å². The van der Waals surface area contributed by atoms with Crippen LogP contribution in [0.5, 0.6) is 0 Å². The first kappa shape index (κ1) is 13.7. The van der Waals surface area contributed by atoms with Crippen LogP contribution in [-0.4, -0.2) is 9.78 Å². The van der Waals surface area contributed by atoms with Gasteiger partial charge in [-0.05, 0) is 24.1 Å². The highest BCUT2D eigenvalue weighted by molar-refractivity contribution is 6.42. The Morgan fingerprint density at radius 2 is 2.11 bits per heavy atom. The SMILES string of the molecule is CCc1nn(Cc2ccc(Cl)c(Cl)c2)c(N)c1C#N. The van der Waals surface area contributed by atoms with E-state index in [1.165, 1.54) is 0 Å². The zero-order chi connectivity index (χ0) is 14.0. The molecule has 0 fully saturated rings. The van der Waals surface area contributed by atoms with Crippen LogP contribution in [0.3, 0.4) is 0 Å². The number of aromatic nitrogens is 2. The Labute approximate surface area is 121 Å². The van der Waals surface area contributed by atoms with Crippen molar-refractivity contribution >= 4 is 29.0 Å². The van der Waals surface area contributed by atoms with Crippen molar-refractivity contribution in [1.29, 1.82) is 5.26 Å². The molecule has 1 heterocycles. The molecule has 0 unspecified atom stereocenters. The van der Waals surface area contributed by atoms with Gasteiger partial charge in [-0.25, -0.2) is 4.68 Å². The van der Waals surface area contributed by atoms with Gasteiger partial charge in [0, 0.05) is 0 Å². The number of halogens is 2. The number of aryl methyl sites for hydroxylation is 1. The van der Waals surface area contributed by atoms with Gasteiger partial charge in [0.2, 0.25) is 0 Å². The summed E-state index contributed by atoms with van der Waals surface area (Å²) in [6, 6.07) is 7.43. The van der Waals surface area contributed by atoms with Crippen LogP contribution in [0.15, 0.2) is 18.2 Å². The van der Waals surface area contributed by atoms with E-state index in [1.54, 1.807) is 16.8 Å². The predicted octanol–water partition coefficient (Wildman–Crippen LogP) is 3.25. The number of benzene rings is 1. The van der Waals surface area contributed by atoms with Crippen LogP contribution in [0.25, 0.3) is 0 Å². The maximum Gasteiger partial charge on any atom is 0.140 e. The third-order valence-corrected chi connectivity index (χ3v) is 3.57. The Morgan fingerprint density at radius 3 is 2.63 bits per heavy atom. The summed E-state index contributed by atoms with van der Waals surface area (Å²) in [5.74, 6) is 0.380. The van der Waals surface area contributed by atoms with Gasteiger partial charge in [-0.15, -0.1) is 0 Å². The second kappa shape index (κ2) is 5.52. The van der Waals surface area contributed by atoms with Gasteiger partial charge in [-0.2, -0.15) is 10.4 Å². The van der Waals surface area contributed by atoms with Crippen molar-refractivity contribution in [2.75, 3.05) is 5.73 Å². The van der Waals surface area contributed by atoms with E-state index in [0.29, 0.717) is 40.1 Å². The van der Waals surface area contributed by atoms with E-state index in [1.807, 2.05) is 13.0 Å². The minimum atomic E-state index is 0.380. The topological polar surface area (TPSA) is 67.6 Å². The summed E-state index contributed by atoms with van der Waals surface area (Å²) in [4.78, 5) is 0. The number of anilines is 1. The molecule has 2 rings (SSSR count). The molecule has 0 spiro atoms. The summed E-state index contributed by atoms with van der Waals surface area (Å²) in [6.45, 7) is 2.39. The van der Waals surface area contributed by atoms with Crippen LogP contribution in [-0.2, 0) is 13.0 Å². The average Bonchev–Trinajstić information content (AvgIpc) is 2.70.